The van der Waals surface area contributed by atoms with E-state index in [2.05, 4.69) is 59.6 Å². The highest BCUT2D eigenvalue weighted by Gasteiger charge is 2.14. The molecule has 15 heavy (non-hydrogen) atoms. The maximum atomic E-state index is 4.09. The van der Waals surface area contributed by atoms with Crippen molar-refractivity contribution < 1.29 is 0 Å². The van der Waals surface area contributed by atoms with Gasteiger partial charge in [-0.3, -0.25) is 4.98 Å². The molecule has 0 aliphatic carbocycles. The maximum Gasteiger partial charge on any atom is 0.0592 e. The highest BCUT2D eigenvalue weighted by molar-refractivity contribution is 9.10. The molecule has 0 unspecified atom stereocenters. The van der Waals surface area contributed by atoms with Crippen LogP contribution in [0.3, 0.4) is 0 Å². The van der Waals surface area contributed by atoms with Crippen LogP contribution in [0.25, 0.3) is 0 Å². The second-order valence-corrected chi connectivity index (χ2v) is 5.32. The molecule has 0 saturated heterocycles. The number of nitrogens with zero attached hydrogens (tertiary/aromatic N) is 2. The first-order chi connectivity index (χ1) is 7.02. The molecule has 0 aromatic carbocycles. The van der Waals surface area contributed by atoms with Gasteiger partial charge in [0.05, 0.1) is 10.2 Å². The molecule has 2 nitrogen and oxygen atoms in total. The Morgan fingerprint density at radius 1 is 1.33 bits per heavy atom. The Morgan fingerprint density at radius 3 is 2.47 bits per heavy atom. The Hall–Kier alpha value is -0.570. The lowest BCUT2D eigenvalue weighted by Gasteiger charge is -2.31. The SMILES string of the molecule is CC(C)CN(c1ccncc1Br)C(C)C. The van der Waals surface area contributed by atoms with E-state index in [1.807, 2.05) is 12.4 Å². The van der Waals surface area contributed by atoms with Crippen molar-refractivity contribution in [1.29, 1.82) is 0 Å². The van der Waals surface area contributed by atoms with Gasteiger partial charge in [0.1, 0.15) is 0 Å². The summed E-state index contributed by atoms with van der Waals surface area (Å²) < 4.78 is 1.07. The van der Waals surface area contributed by atoms with E-state index in [-0.39, 0.29) is 0 Å². The Labute approximate surface area is 101 Å². The second-order valence-electron chi connectivity index (χ2n) is 4.47. The fourth-order valence-electron chi connectivity index (χ4n) is 1.58. The quantitative estimate of drug-likeness (QED) is 0.829. The molecule has 3 heteroatoms. The van der Waals surface area contributed by atoms with Crippen molar-refractivity contribution in [3.63, 3.8) is 0 Å². The molecule has 0 radical (unpaired) electrons. The number of aromatic nitrogens is 1. The van der Waals surface area contributed by atoms with Crippen molar-refractivity contribution in [2.24, 2.45) is 5.92 Å². The fourth-order valence-corrected chi connectivity index (χ4v) is 2.06. The van der Waals surface area contributed by atoms with Crippen LogP contribution in [0.15, 0.2) is 22.9 Å². The molecule has 1 heterocycles. The molecule has 84 valence electrons. The lowest BCUT2D eigenvalue weighted by molar-refractivity contribution is 0.570. The van der Waals surface area contributed by atoms with Gasteiger partial charge in [-0.2, -0.15) is 0 Å². The highest BCUT2D eigenvalue weighted by Crippen LogP contribution is 2.27. The van der Waals surface area contributed by atoms with Gasteiger partial charge in [0.2, 0.25) is 0 Å². The third kappa shape index (κ3) is 3.49. The van der Waals surface area contributed by atoms with E-state index in [0.717, 1.165) is 11.0 Å². The lowest BCUT2D eigenvalue weighted by Crippen LogP contribution is -2.34. The van der Waals surface area contributed by atoms with Crippen LogP contribution in [-0.2, 0) is 0 Å². The first-order valence-electron chi connectivity index (χ1n) is 5.38. The first kappa shape index (κ1) is 12.5. The minimum Gasteiger partial charge on any atom is -0.368 e. The molecule has 0 spiro atoms. The molecule has 1 aromatic rings. The van der Waals surface area contributed by atoms with Gasteiger partial charge >= 0.3 is 0 Å². The zero-order valence-corrected chi connectivity index (χ0v) is 11.5. The van der Waals surface area contributed by atoms with Crippen LogP contribution in [0.4, 0.5) is 5.69 Å². The van der Waals surface area contributed by atoms with Gasteiger partial charge in [0.15, 0.2) is 0 Å². The molecular formula is C12H19BrN2. The molecule has 0 N–H and O–H groups in total. The van der Waals surface area contributed by atoms with Crippen LogP contribution in [0.5, 0.6) is 0 Å². The summed E-state index contributed by atoms with van der Waals surface area (Å²) in [5.74, 6) is 0.660. The van der Waals surface area contributed by atoms with Crippen LogP contribution in [-0.4, -0.2) is 17.6 Å². The Morgan fingerprint density at radius 2 is 2.00 bits per heavy atom. The molecule has 0 aliphatic heterocycles. The van der Waals surface area contributed by atoms with Crippen molar-refractivity contribution in [1.82, 2.24) is 4.98 Å². The Bertz CT molecular complexity index is 310. The van der Waals surface area contributed by atoms with Crippen molar-refractivity contribution in [2.45, 2.75) is 33.7 Å². The smallest absolute Gasteiger partial charge is 0.0592 e. The van der Waals surface area contributed by atoms with E-state index in [1.165, 1.54) is 5.69 Å². The molecule has 1 aromatic heterocycles. The molecule has 0 fully saturated rings. The van der Waals surface area contributed by atoms with Gasteiger partial charge < -0.3 is 4.90 Å². The summed E-state index contributed by atoms with van der Waals surface area (Å²) in [6.07, 6.45) is 3.70. The van der Waals surface area contributed by atoms with E-state index in [0.29, 0.717) is 12.0 Å². The maximum absolute atomic E-state index is 4.09. The van der Waals surface area contributed by atoms with E-state index in [4.69, 9.17) is 0 Å². The Kier molecular flexibility index (Phi) is 4.58. The first-order valence-corrected chi connectivity index (χ1v) is 6.17. The van der Waals surface area contributed by atoms with Crippen LogP contribution < -0.4 is 4.90 Å². The fraction of sp³-hybridized carbons (Fsp3) is 0.583. The monoisotopic (exact) mass is 270 g/mol. The standard InChI is InChI=1S/C12H19BrN2/c1-9(2)8-15(10(3)4)12-5-6-14-7-11(12)13/h5-7,9-10H,8H2,1-4H3. The van der Waals surface area contributed by atoms with Crippen molar-refractivity contribution in [3.8, 4) is 0 Å². The molecule has 0 amide bonds. The number of hydrogen-bond acceptors (Lipinski definition) is 2. The van der Waals surface area contributed by atoms with Crippen LogP contribution in [0.2, 0.25) is 0 Å². The summed E-state index contributed by atoms with van der Waals surface area (Å²) in [7, 11) is 0. The summed E-state index contributed by atoms with van der Waals surface area (Å²) in [6, 6.07) is 2.57. The van der Waals surface area contributed by atoms with Gasteiger partial charge in [-0.1, -0.05) is 13.8 Å². The van der Waals surface area contributed by atoms with E-state index >= 15 is 0 Å². The molecule has 0 atom stereocenters. The number of hydrogen-bond donors (Lipinski definition) is 0. The zero-order valence-electron chi connectivity index (χ0n) is 9.87. The molecule has 0 saturated carbocycles. The normalized spacial score (nSPS) is 11.1. The third-order valence-corrected chi connectivity index (χ3v) is 2.86. The minimum atomic E-state index is 0.506. The van der Waals surface area contributed by atoms with Crippen LogP contribution in [0.1, 0.15) is 27.7 Å². The van der Waals surface area contributed by atoms with Gasteiger partial charge in [0, 0.05) is 25.0 Å². The van der Waals surface area contributed by atoms with E-state index < -0.39 is 0 Å². The predicted octanol–water partition coefficient (Wildman–Crippen LogP) is 3.71. The summed E-state index contributed by atoms with van der Waals surface area (Å²) in [5, 5.41) is 0. The number of halogens is 1. The minimum absolute atomic E-state index is 0.506. The van der Waals surface area contributed by atoms with E-state index in [9.17, 15) is 0 Å². The average molecular weight is 271 g/mol. The van der Waals surface area contributed by atoms with Gasteiger partial charge in [-0.15, -0.1) is 0 Å². The van der Waals surface area contributed by atoms with Gasteiger partial charge in [0.25, 0.3) is 0 Å². The Balaban J connectivity index is 2.94. The third-order valence-electron chi connectivity index (χ3n) is 2.25. The van der Waals surface area contributed by atoms with Crippen LogP contribution >= 0.6 is 15.9 Å². The molecular weight excluding hydrogens is 252 g/mol. The van der Waals surface area contributed by atoms with Crippen molar-refractivity contribution >= 4 is 21.6 Å². The van der Waals surface area contributed by atoms with Crippen LogP contribution in [0, 0.1) is 5.92 Å². The number of anilines is 1. The largest absolute Gasteiger partial charge is 0.368 e. The highest BCUT2D eigenvalue weighted by atomic mass is 79.9. The molecule has 0 bridgehead atoms. The molecule has 0 aliphatic rings. The second kappa shape index (κ2) is 5.50. The summed E-state index contributed by atoms with van der Waals surface area (Å²) in [6.45, 7) is 9.99. The van der Waals surface area contributed by atoms with Crippen molar-refractivity contribution in [3.05, 3.63) is 22.9 Å². The predicted molar refractivity (Wildman–Crippen MR) is 69.3 cm³/mol. The summed E-state index contributed by atoms with van der Waals surface area (Å²) >= 11 is 3.55. The van der Waals surface area contributed by atoms with E-state index in [1.54, 1.807) is 0 Å². The number of rotatable bonds is 4. The van der Waals surface area contributed by atoms with Gasteiger partial charge in [-0.05, 0) is 41.8 Å². The summed E-state index contributed by atoms with van der Waals surface area (Å²) in [4.78, 5) is 6.49. The topological polar surface area (TPSA) is 16.1 Å². The zero-order chi connectivity index (χ0) is 11.4. The number of pyridine rings is 1. The van der Waals surface area contributed by atoms with Crippen molar-refractivity contribution in [2.75, 3.05) is 11.4 Å². The van der Waals surface area contributed by atoms with Gasteiger partial charge in [-0.25, -0.2) is 0 Å². The lowest BCUT2D eigenvalue weighted by atomic mass is 10.1. The molecule has 1 rings (SSSR count). The average Bonchev–Trinajstić information content (AvgIpc) is 2.15. The summed E-state index contributed by atoms with van der Waals surface area (Å²) in [5.41, 5.74) is 1.23.